The minimum absolute atomic E-state index is 0.0740. The Morgan fingerprint density at radius 3 is 0.974 bits per heavy atom. The summed E-state index contributed by atoms with van der Waals surface area (Å²) in [5.74, 6) is 1.31. The molecule has 6 heteroatoms. The molecule has 0 saturated carbocycles. The van der Waals surface area contributed by atoms with E-state index < -0.39 is 0 Å². The average Bonchev–Trinajstić information content (AvgIpc) is 2.94. The summed E-state index contributed by atoms with van der Waals surface area (Å²) in [6.07, 6.45) is 0. The van der Waals surface area contributed by atoms with Gasteiger partial charge in [0.1, 0.15) is 37.1 Å². The molecule has 4 aromatic carbocycles. The number of Topliss-reactive ketones (excluding diaryl/α,β-unsaturated/α-hetero) is 3. The van der Waals surface area contributed by atoms with E-state index in [-0.39, 0.29) is 37.2 Å². The van der Waals surface area contributed by atoms with E-state index in [2.05, 4.69) is 0 Å². The summed E-state index contributed by atoms with van der Waals surface area (Å²) < 4.78 is 18.1. The molecule has 198 valence electrons. The summed E-state index contributed by atoms with van der Waals surface area (Å²) >= 11 is 0. The number of para-hydroxylation sites is 3. The lowest BCUT2D eigenvalue weighted by Crippen LogP contribution is -2.07. The summed E-state index contributed by atoms with van der Waals surface area (Å²) in [4.78, 5) is 36.0. The first kappa shape index (κ1) is 27.3. The number of hydrogen-bond acceptors (Lipinski definition) is 6. The Hall–Kier alpha value is -4.71. The standard InChI is InChI=1S/C33H30O6/c1-22(34)28-10-4-7-13-31(28)37-19-25-16-26(20-38-32-14-8-5-11-29(32)23(2)35)18-27(17-25)21-39-33-15-9-6-12-30(33)24(3)36/h4-18H,19-21H2,1-3H3. The normalized spacial score (nSPS) is 10.5. The third-order valence-electron chi connectivity index (χ3n) is 6.09. The fourth-order valence-corrected chi connectivity index (χ4v) is 4.22. The molecule has 0 aliphatic carbocycles. The van der Waals surface area contributed by atoms with Crippen LogP contribution in [0.15, 0.2) is 91.0 Å². The largest absolute Gasteiger partial charge is 0.488 e. The van der Waals surface area contributed by atoms with Crippen molar-refractivity contribution < 1.29 is 28.6 Å². The summed E-state index contributed by atoms with van der Waals surface area (Å²) in [7, 11) is 0. The summed E-state index contributed by atoms with van der Waals surface area (Å²) in [5, 5.41) is 0. The van der Waals surface area contributed by atoms with Gasteiger partial charge < -0.3 is 14.2 Å². The fourth-order valence-electron chi connectivity index (χ4n) is 4.22. The highest BCUT2D eigenvalue weighted by atomic mass is 16.5. The van der Waals surface area contributed by atoms with E-state index in [1.54, 1.807) is 54.6 Å². The number of hydrogen-bond donors (Lipinski definition) is 0. The lowest BCUT2D eigenvalue weighted by atomic mass is 10.1. The highest BCUT2D eigenvalue weighted by Crippen LogP contribution is 2.24. The molecule has 4 rings (SSSR count). The molecular weight excluding hydrogens is 492 g/mol. The van der Waals surface area contributed by atoms with Gasteiger partial charge in [0, 0.05) is 0 Å². The second-order valence-corrected chi connectivity index (χ2v) is 9.18. The third kappa shape index (κ3) is 7.20. The maximum absolute atomic E-state index is 12.0. The zero-order valence-corrected chi connectivity index (χ0v) is 22.2. The lowest BCUT2D eigenvalue weighted by molar-refractivity contribution is 0.100. The Labute approximate surface area is 228 Å². The summed E-state index contributed by atoms with van der Waals surface area (Å²) in [6.45, 7) is 5.19. The molecule has 0 aromatic heterocycles. The van der Waals surface area contributed by atoms with Crippen molar-refractivity contribution in [2.75, 3.05) is 0 Å². The zero-order valence-electron chi connectivity index (χ0n) is 22.2. The van der Waals surface area contributed by atoms with Gasteiger partial charge in [-0.15, -0.1) is 0 Å². The van der Waals surface area contributed by atoms with Crippen LogP contribution in [0.3, 0.4) is 0 Å². The van der Waals surface area contributed by atoms with E-state index in [1.807, 2.05) is 36.4 Å². The highest BCUT2D eigenvalue weighted by molar-refractivity contribution is 5.97. The Balaban J connectivity index is 1.59. The number of carbonyl (C=O) groups is 3. The fraction of sp³-hybridized carbons (Fsp3) is 0.182. The number of ether oxygens (including phenoxy) is 3. The topological polar surface area (TPSA) is 78.9 Å². The number of rotatable bonds is 12. The molecule has 0 heterocycles. The Bertz CT molecular complexity index is 1310. The van der Waals surface area contributed by atoms with Gasteiger partial charge in [-0.05, 0) is 92.1 Å². The van der Waals surface area contributed by atoms with Gasteiger partial charge >= 0.3 is 0 Å². The molecule has 0 aliphatic heterocycles. The molecule has 0 saturated heterocycles. The van der Waals surface area contributed by atoms with Gasteiger partial charge in [-0.3, -0.25) is 14.4 Å². The van der Waals surface area contributed by atoms with Crippen LogP contribution in [0.1, 0.15) is 68.5 Å². The van der Waals surface area contributed by atoms with Gasteiger partial charge in [-0.1, -0.05) is 36.4 Å². The summed E-state index contributed by atoms with van der Waals surface area (Å²) in [5.41, 5.74) is 4.11. The van der Waals surface area contributed by atoms with Gasteiger partial charge in [0.25, 0.3) is 0 Å². The first-order valence-corrected chi connectivity index (χ1v) is 12.6. The molecule has 0 bridgehead atoms. The maximum Gasteiger partial charge on any atom is 0.163 e. The number of ketones is 3. The van der Waals surface area contributed by atoms with Crippen LogP contribution in [0, 0.1) is 0 Å². The minimum atomic E-state index is -0.0740. The van der Waals surface area contributed by atoms with Crippen LogP contribution in [0.4, 0.5) is 0 Å². The predicted molar refractivity (Wildman–Crippen MR) is 149 cm³/mol. The van der Waals surface area contributed by atoms with Crippen LogP contribution in [-0.2, 0) is 19.8 Å². The zero-order chi connectivity index (χ0) is 27.8. The van der Waals surface area contributed by atoms with Crippen molar-refractivity contribution in [1.29, 1.82) is 0 Å². The van der Waals surface area contributed by atoms with Gasteiger partial charge in [0.15, 0.2) is 17.3 Å². The first-order chi connectivity index (χ1) is 18.8. The molecule has 0 fully saturated rings. The van der Waals surface area contributed by atoms with Crippen molar-refractivity contribution in [1.82, 2.24) is 0 Å². The van der Waals surface area contributed by atoms with Crippen LogP contribution in [0.25, 0.3) is 0 Å². The molecule has 0 unspecified atom stereocenters. The Morgan fingerprint density at radius 2 is 0.718 bits per heavy atom. The number of benzene rings is 4. The average molecular weight is 523 g/mol. The Kier molecular flexibility index (Phi) is 8.90. The minimum Gasteiger partial charge on any atom is -0.488 e. The van der Waals surface area contributed by atoms with Crippen molar-refractivity contribution in [3.05, 3.63) is 124 Å². The predicted octanol–water partition coefficient (Wildman–Crippen LogP) is 7.03. The smallest absolute Gasteiger partial charge is 0.163 e. The molecule has 0 amide bonds. The second kappa shape index (κ2) is 12.7. The van der Waals surface area contributed by atoms with E-state index in [0.29, 0.717) is 33.9 Å². The molecule has 0 aliphatic rings. The van der Waals surface area contributed by atoms with Crippen LogP contribution in [-0.4, -0.2) is 17.3 Å². The van der Waals surface area contributed by atoms with Crippen molar-refractivity contribution in [3.63, 3.8) is 0 Å². The Morgan fingerprint density at radius 1 is 0.462 bits per heavy atom. The van der Waals surface area contributed by atoms with E-state index in [9.17, 15) is 14.4 Å². The van der Waals surface area contributed by atoms with Gasteiger partial charge in [0.2, 0.25) is 0 Å². The van der Waals surface area contributed by atoms with Crippen LogP contribution < -0.4 is 14.2 Å². The van der Waals surface area contributed by atoms with Gasteiger partial charge in [-0.2, -0.15) is 0 Å². The SMILES string of the molecule is CC(=O)c1ccccc1OCc1cc(COc2ccccc2C(C)=O)cc(COc2ccccc2C(C)=O)c1. The second-order valence-electron chi connectivity index (χ2n) is 9.18. The molecule has 39 heavy (non-hydrogen) atoms. The van der Waals surface area contributed by atoms with E-state index in [4.69, 9.17) is 14.2 Å². The molecule has 6 nitrogen and oxygen atoms in total. The van der Waals surface area contributed by atoms with Crippen LogP contribution in [0.5, 0.6) is 17.2 Å². The van der Waals surface area contributed by atoms with Crippen LogP contribution >= 0.6 is 0 Å². The van der Waals surface area contributed by atoms with Gasteiger partial charge in [0.05, 0.1) is 16.7 Å². The van der Waals surface area contributed by atoms with E-state index in [0.717, 1.165) is 16.7 Å². The third-order valence-corrected chi connectivity index (χ3v) is 6.09. The van der Waals surface area contributed by atoms with E-state index >= 15 is 0 Å². The molecule has 4 aromatic rings. The van der Waals surface area contributed by atoms with E-state index in [1.165, 1.54) is 20.8 Å². The van der Waals surface area contributed by atoms with Crippen LogP contribution in [0.2, 0.25) is 0 Å². The number of carbonyl (C=O) groups excluding carboxylic acids is 3. The highest BCUT2D eigenvalue weighted by Gasteiger charge is 2.12. The molecule has 0 radical (unpaired) electrons. The van der Waals surface area contributed by atoms with Crippen molar-refractivity contribution in [3.8, 4) is 17.2 Å². The molecule has 0 spiro atoms. The molecular formula is C33H30O6. The first-order valence-electron chi connectivity index (χ1n) is 12.6. The van der Waals surface area contributed by atoms with Crippen molar-refractivity contribution >= 4 is 17.3 Å². The van der Waals surface area contributed by atoms with Crippen molar-refractivity contribution in [2.24, 2.45) is 0 Å². The summed E-state index contributed by atoms with van der Waals surface area (Å²) in [6, 6.07) is 27.3. The van der Waals surface area contributed by atoms with Crippen molar-refractivity contribution in [2.45, 2.75) is 40.6 Å². The lowest BCUT2D eigenvalue weighted by Gasteiger charge is -2.15. The molecule has 0 atom stereocenters. The molecule has 0 N–H and O–H groups in total. The monoisotopic (exact) mass is 522 g/mol. The maximum atomic E-state index is 12.0. The quantitative estimate of drug-likeness (QED) is 0.186. The van der Waals surface area contributed by atoms with Gasteiger partial charge in [-0.25, -0.2) is 0 Å².